The first-order valence-electron chi connectivity index (χ1n) is 7.94. The Morgan fingerprint density at radius 3 is 2.65 bits per heavy atom. The largest absolute Gasteiger partial charge is 0.495 e. The van der Waals surface area contributed by atoms with Crippen molar-refractivity contribution in [2.75, 3.05) is 14.2 Å². The number of benzene rings is 1. The first kappa shape index (κ1) is 19.5. The SMILES string of the molecule is COC(=O)C1=C(N)OC2=C(C(=O)CCC2)[C@H]1c1cc(I)cc(I)c1OC. The molecule has 0 spiro atoms. The molecular formula is C18H17I2NO5. The molecule has 1 aliphatic carbocycles. The summed E-state index contributed by atoms with van der Waals surface area (Å²) < 4.78 is 18.0. The molecule has 8 heteroatoms. The van der Waals surface area contributed by atoms with Gasteiger partial charge in [0.15, 0.2) is 5.78 Å². The Balaban J connectivity index is 2.31. The van der Waals surface area contributed by atoms with Crippen LogP contribution in [-0.4, -0.2) is 26.0 Å². The Kier molecular flexibility index (Phi) is 5.80. The molecule has 0 amide bonds. The number of hydrogen-bond acceptors (Lipinski definition) is 6. The summed E-state index contributed by atoms with van der Waals surface area (Å²) in [5.74, 6) is -0.206. The fourth-order valence-electron chi connectivity index (χ4n) is 3.39. The van der Waals surface area contributed by atoms with Crippen LogP contribution in [0.1, 0.15) is 30.7 Å². The van der Waals surface area contributed by atoms with Crippen molar-refractivity contribution in [3.8, 4) is 5.75 Å². The number of allylic oxidation sites excluding steroid dienone is 2. The summed E-state index contributed by atoms with van der Waals surface area (Å²) in [6.07, 6.45) is 1.72. The number of nitrogens with two attached hydrogens (primary N) is 1. The molecule has 1 heterocycles. The molecule has 138 valence electrons. The highest BCUT2D eigenvalue weighted by Gasteiger charge is 2.42. The van der Waals surface area contributed by atoms with E-state index in [1.807, 2.05) is 12.1 Å². The van der Waals surface area contributed by atoms with Crippen LogP contribution >= 0.6 is 45.2 Å². The van der Waals surface area contributed by atoms with Gasteiger partial charge in [-0.25, -0.2) is 4.79 Å². The Morgan fingerprint density at radius 2 is 2.00 bits per heavy atom. The molecule has 0 aromatic heterocycles. The van der Waals surface area contributed by atoms with Crippen LogP contribution < -0.4 is 10.5 Å². The summed E-state index contributed by atoms with van der Waals surface area (Å²) in [6.45, 7) is 0. The molecule has 2 N–H and O–H groups in total. The van der Waals surface area contributed by atoms with Gasteiger partial charge in [0.1, 0.15) is 17.1 Å². The van der Waals surface area contributed by atoms with Gasteiger partial charge in [-0.05, 0) is 63.7 Å². The smallest absolute Gasteiger partial charge is 0.340 e. The second-order valence-corrected chi connectivity index (χ2v) is 8.34. The third-order valence-corrected chi connectivity index (χ3v) is 5.87. The first-order valence-corrected chi connectivity index (χ1v) is 10.1. The maximum atomic E-state index is 12.7. The highest BCUT2D eigenvalue weighted by Crippen LogP contribution is 2.47. The van der Waals surface area contributed by atoms with Crippen LogP contribution in [0.4, 0.5) is 0 Å². The van der Waals surface area contributed by atoms with Crippen LogP contribution in [0.3, 0.4) is 0 Å². The summed E-state index contributed by atoms with van der Waals surface area (Å²) in [5, 5.41) is 0. The second-order valence-electron chi connectivity index (χ2n) is 5.93. The Morgan fingerprint density at radius 1 is 1.27 bits per heavy atom. The van der Waals surface area contributed by atoms with Crippen molar-refractivity contribution in [1.82, 2.24) is 0 Å². The molecule has 0 saturated carbocycles. The van der Waals surface area contributed by atoms with Gasteiger partial charge in [-0.15, -0.1) is 0 Å². The number of Topliss-reactive ketones (excluding diaryl/α,β-unsaturated/α-hetero) is 1. The van der Waals surface area contributed by atoms with Crippen LogP contribution in [0.2, 0.25) is 0 Å². The van der Waals surface area contributed by atoms with Gasteiger partial charge < -0.3 is 19.9 Å². The maximum Gasteiger partial charge on any atom is 0.340 e. The van der Waals surface area contributed by atoms with E-state index in [9.17, 15) is 9.59 Å². The molecule has 26 heavy (non-hydrogen) atoms. The lowest BCUT2D eigenvalue weighted by atomic mass is 9.77. The van der Waals surface area contributed by atoms with Crippen molar-refractivity contribution < 1.29 is 23.8 Å². The van der Waals surface area contributed by atoms with Crippen LogP contribution in [0, 0.1) is 7.14 Å². The zero-order valence-corrected chi connectivity index (χ0v) is 18.5. The van der Waals surface area contributed by atoms with E-state index in [4.69, 9.17) is 19.9 Å². The van der Waals surface area contributed by atoms with Gasteiger partial charge in [-0.3, -0.25) is 4.79 Å². The van der Waals surface area contributed by atoms with Crippen molar-refractivity contribution in [2.24, 2.45) is 5.73 Å². The monoisotopic (exact) mass is 581 g/mol. The Hall–Kier alpha value is -1.30. The average molecular weight is 581 g/mol. The zero-order valence-electron chi connectivity index (χ0n) is 14.2. The molecule has 0 bridgehead atoms. The topological polar surface area (TPSA) is 87.9 Å². The minimum atomic E-state index is -0.669. The second kappa shape index (κ2) is 7.75. The number of halogens is 2. The fourth-order valence-corrected chi connectivity index (χ4v) is 5.50. The van der Waals surface area contributed by atoms with Gasteiger partial charge in [0.05, 0.1) is 23.7 Å². The Bertz CT molecular complexity index is 859. The van der Waals surface area contributed by atoms with Crippen molar-refractivity contribution in [2.45, 2.75) is 25.2 Å². The number of hydrogen-bond donors (Lipinski definition) is 1. The summed E-state index contributed by atoms with van der Waals surface area (Å²) >= 11 is 4.37. The fraction of sp³-hybridized carbons (Fsp3) is 0.333. The van der Waals surface area contributed by atoms with Crippen LogP contribution in [0.5, 0.6) is 5.75 Å². The van der Waals surface area contributed by atoms with Crippen molar-refractivity contribution in [3.63, 3.8) is 0 Å². The third-order valence-electron chi connectivity index (χ3n) is 4.44. The maximum absolute atomic E-state index is 12.7. The molecule has 0 unspecified atom stereocenters. The van der Waals surface area contributed by atoms with Gasteiger partial charge in [-0.1, -0.05) is 0 Å². The molecular weight excluding hydrogens is 564 g/mol. The number of carbonyl (C=O) groups excluding carboxylic acids is 2. The van der Waals surface area contributed by atoms with E-state index in [1.165, 1.54) is 7.11 Å². The van der Waals surface area contributed by atoms with Crippen molar-refractivity contribution in [3.05, 3.63) is 47.6 Å². The van der Waals surface area contributed by atoms with E-state index in [-0.39, 0.29) is 17.2 Å². The summed E-state index contributed by atoms with van der Waals surface area (Å²) in [4.78, 5) is 25.2. The highest BCUT2D eigenvalue weighted by atomic mass is 127. The van der Waals surface area contributed by atoms with Gasteiger partial charge >= 0.3 is 5.97 Å². The number of ether oxygens (including phenoxy) is 3. The van der Waals surface area contributed by atoms with E-state index < -0.39 is 11.9 Å². The molecule has 1 atom stereocenters. The van der Waals surface area contributed by atoms with Crippen molar-refractivity contribution >= 4 is 56.9 Å². The number of esters is 1. The Labute approximate surface area is 178 Å². The zero-order chi connectivity index (χ0) is 19.0. The number of carbonyl (C=O) groups is 2. The van der Waals surface area contributed by atoms with Gasteiger partial charge in [0, 0.05) is 27.5 Å². The predicted molar refractivity (Wildman–Crippen MR) is 111 cm³/mol. The van der Waals surface area contributed by atoms with Gasteiger partial charge in [0.25, 0.3) is 0 Å². The summed E-state index contributed by atoms with van der Waals surface area (Å²) in [5.41, 5.74) is 7.39. The first-order chi connectivity index (χ1) is 12.4. The molecule has 1 aliphatic heterocycles. The van der Waals surface area contributed by atoms with E-state index in [0.29, 0.717) is 41.9 Å². The average Bonchev–Trinajstić information content (AvgIpc) is 2.59. The summed E-state index contributed by atoms with van der Waals surface area (Å²) in [7, 11) is 2.85. The third kappa shape index (κ3) is 3.32. The van der Waals surface area contributed by atoms with Gasteiger partial charge in [0.2, 0.25) is 5.88 Å². The quantitative estimate of drug-likeness (QED) is 0.436. The normalized spacial score (nSPS) is 19.8. The van der Waals surface area contributed by atoms with Crippen molar-refractivity contribution in [1.29, 1.82) is 0 Å². The van der Waals surface area contributed by atoms with E-state index >= 15 is 0 Å². The number of methoxy groups -OCH3 is 2. The lowest BCUT2D eigenvalue weighted by Crippen LogP contribution is -2.31. The lowest BCUT2D eigenvalue weighted by Gasteiger charge is -2.33. The molecule has 1 aromatic rings. The minimum Gasteiger partial charge on any atom is -0.495 e. The van der Waals surface area contributed by atoms with E-state index in [2.05, 4.69) is 45.2 Å². The van der Waals surface area contributed by atoms with Crippen LogP contribution in [0.15, 0.2) is 34.9 Å². The predicted octanol–water partition coefficient (Wildman–Crippen LogP) is 3.37. The molecule has 6 nitrogen and oxygen atoms in total. The van der Waals surface area contributed by atoms with E-state index in [0.717, 1.165) is 7.14 Å². The van der Waals surface area contributed by atoms with Crippen LogP contribution in [0.25, 0.3) is 0 Å². The van der Waals surface area contributed by atoms with Gasteiger partial charge in [-0.2, -0.15) is 0 Å². The van der Waals surface area contributed by atoms with E-state index in [1.54, 1.807) is 7.11 Å². The molecule has 2 aliphatic rings. The number of rotatable bonds is 3. The highest BCUT2D eigenvalue weighted by molar-refractivity contribution is 14.1. The molecule has 0 fully saturated rings. The molecule has 3 rings (SSSR count). The molecule has 1 aromatic carbocycles. The number of ketones is 1. The standard InChI is InChI=1S/C18H17I2NO5/c1-24-16-9(6-8(19)7-10(16)20)13-14-11(22)4-3-5-12(14)26-17(21)15(13)18(23)25-2/h6-7,13H,3-5,21H2,1-2H3/t13-/m1/s1. The molecule has 0 radical (unpaired) electrons. The molecule has 0 saturated heterocycles. The summed E-state index contributed by atoms with van der Waals surface area (Å²) in [6, 6.07) is 3.87. The minimum absolute atomic E-state index is 0.0220. The lowest BCUT2D eigenvalue weighted by molar-refractivity contribution is -0.136. The van der Waals surface area contributed by atoms with Crippen LogP contribution in [-0.2, 0) is 19.1 Å².